The van der Waals surface area contributed by atoms with Gasteiger partial charge in [-0.1, -0.05) is 19.1 Å². The van der Waals surface area contributed by atoms with Crippen LogP contribution >= 0.6 is 0 Å². The van der Waals surface area contributed by atoms with Crippen LogP contribution in [0.4, 0.5) is 4.39 Å². The van der Waals surface area contributed by atoms with Crippen molar-refractivity contribution in [3.8, 4) is 0 Å². The summed E-state index contributed by atoms with van der Waals surface area (Å²) in [5.74, 6) is -0.623. The number of carbonyl (C=O) groups excluding carboxylic acids is 1. The largest absolute Gasteiger partial charge is 0.478 e. The normalized spacial score (nSPS) is 10.9. The van der Waals surface area contributed by atoms with E-state index in [1.54, 1.807) is 25.1 Å². The van der Waals surface area contributed by atoms with Gasteiger partial charge in [0.15, 0.2) is 0 Å². The molecule has 0 radical (unpaired) electrons. The van der Waals surface area contributed by atoms with Gasteiger partial charge in [0.05, 0.1) is 16.6 Å². The molecule has 6 nitrogen and oxygen atoms in total. The van der Waals surface area contributed by atoms with Crippen LogP contribution < -0.4 is 5.32 Å². The highest BCUT2D eigenvalue weighted by Gasteiger charge is 2.14. The number of halogens is 1. The standard InChI is InChI=1S/C20H20FN3O3/c1-2-19(25)22-10-9-18-23-16-11-14(20(26)27)5-8-17(16)24(18)12-13-3-6-15(21)7-4-13/h3-8,11H,2,9-10,12H2,1H3,(H,22,25)(H,26,27). The maximum atomic E-state index is 13.2. The number of imidazole rings is 1. The third kappa shape index (κ3) is 4.31. The van der Waals surface area contributed by atoms with Gasteiger partial charge in [0.1, 0.15) is 11.6 Å². The zero-order valence-corrected chi connectivity index (χ0v) is 14.9. The van der Waals surface area contributed by atoms with E-state index in [1.807, 2.05) is 4.57 Å². The summed E-state index contributed by atoms with van der Waals surface area (Å²) in [5, 5.41) is 12.0. The van der Waals surface area contributed by atoms with Crippen LogP contribution in [-0.2, 0) is 17.8 Å². The number of aromatic carboxylic acids is 1. The Labute approximate surface area is 155 Å². The van der Waals surface area contributed by atoms with Gasteiger partial charge in [-0.2, -0.15) is 0 Å². The molecule has 0 bridgehead atoms. The molecule has 7 heteroatoms. The molecular weight excluding hydrogens is 349 g/mol. The third-order valence-corrected chi connectivity index (χ3v) is 4.32. The highest BCUT2D eigenvalue weighted by molar-refractivity contribution is 5.92. The number of carboxylic acid groups (broad SMARTS) is 1. The van der Waals surface area contributed by atoms with Crippen molar-refractivity contribution < 1.29 is 19.1 Å². The maximum Gasteiger partial charge on any atom is 0.335 e. The van der Waals surface area contributed by atoms with Crippen LogP contribution in [0.25, 0.3) is 11.0 Å². The number of hydrogen-bond acceptors (Lipinski definition) is 3. The number of amides is 1. The monoisotopic (exact) mass is 369 g/mol. The lowest BCUT2D eigenvalue weighted by Crippen LogP contribution is -2.25. The fraction of sp³-hybridized carbons (Fsp3) is 0.250. The molecule has 1 aromatic heterocycles. The average Bonchev–Trinajstić information content (AvgIpc) is 3.00. The molecule has 0 spiro atoms. The number of rotatable bonds is 7. The summed E-state index contributed by atoms with van der Waals surface area (Å²) < 4.78 is 15.1. The molecule has 2 aromatic carbocycles. The van der Waals surface area contributed by atoms with E-state index in [2.05, 4.69) is 10.3 Å². The number of nitrogens with one attached hydrogen (secondary N) is 1. The predicted molar refractivity (Wildman–Crippen MR) is 99.2 cm³/mol. The van der Waals surface area contributed by atoms with E-state index in [0.29, 0.717) is 31.4 Å². The molecule has 140 valence electrons. The Hall–Kier alpha value is -3.22. The van der Waals surface area contributed by atoms with E-state index in [4.69, 9.17) is 0 Å². The number of hydrogen-bond donors (Lipinski definition) is 2. The Morgan fingerprint density at radius 3 is 2.59 bits per heavy atom. The molecule has 0 saturated heterocycles. The molecule has 0 unspecified atom stereocenters. The molecule has 0 aliphatic rings. The first-order chi connectivity index (χ1) is 13.0. The lowest BCUT2D eigenvalue weighted by Gasteiger charge is -2.10. The minimum Gasteiger partial charge on any atom is -0.478 e. The first kappa shape index (κ1) is 18.6. The van der Waals surface area contributed by atoms with Gasteiger partial charge in [-0.15, -0.1) is 0 Å². The van der Waals surface area contributed by atoms with Crippen molar-refractivity contribution in [3.05, 3.63) is 65.2 Å². The number of aromatic nitrogens is 2. The molecule has 3 rings (SSSR count). The Morgan fingerprint density at radius 2 is 1.93 bits per heavy atom. The minimum absolute atomic E-state index is 0.0376. The van der Waals surface area contributed by atoms with Crippen molar-refractivity contribution in [2.45, 2.75) is 26.3 Å². The molecule has 1 amide bonds. The summed E-state index contributed by atoms with van der Waals surface area (Å²) in [4.78, 5) is 27.3. The second-order valence-corrected chi connectivity index (χ2v) is 6.20. The summed E-state index contributed by atoms with van der Waals surface area (Å²) in [6, 6.07) is 11.0. The number of carboxylic acids is 1. The quantitative estimate of drug-likeness (QED) is 0.671. The molecule has 0 atom stereocenters. The Kier molecular flexibility index (Phi) is 5.49. The van der Waals surface area contributed by atoms with Crippen LogP contribution in [0.2, 0.25) is 0 Å². The molecule has 3 aromatic rings. The van der Waals surface area contributed by atoms with E-state index in [1.165, 1.54) is 24.3 Å². The highest BCUT2D eigenvalue weighted by atomic mass is 19.1. The van der Waals surface area contributed by atoms with Gasteiger partial charge < -0.3 is 15.0 Å². The first-order valence-corrected chi connectivity index (χ1v) is 8.71. The SMILES string of the molecule is CCC(=O)NCCc1nc2cc(C(=O)O)ccc2n1Cc1ccc(F)cc1. The zero-order chi connectivity index (χ0) is 19.4. The van der Waals surface area contributed by atoms with Crippen molar-refractivity contribution in [2.75, 3.05) is 6.54 Å². The van der Waals surface area contributed by atoms with E-state index in [0.717, 1.165) is 16.9 Å². The van der Waals surface area contributed by atoms with Gasteiger partial charge in [0.25, 0.3) is 0 Å². The molecule has 0 fully saturated rings. The van der Waals surface area contributed by atoms with Crippen LogP contribution in [0.1, 0.15) is 35.1 Å². The topological polar surface area (TPSA) is 84.2 Å². The molecule has 2 N–H and O–H groups in total. The molecule has 0 saturated carbocycles. The molecule has 27 heavy (non-hydrogen) atoms. The average molecular weight is 369 g/mol. The molecule has 0 aliphatic heterocycles. The Morgan fingerprint density at radius 1 is 1.19 bits per heavy atom. The van der Waals surface area contributed by atoms with Crippen LogP contribution in [0.3, 0.4) is 0 Å². The maximum absolute atomic E-state index is 13.2. The number of benzene rings is 2. The van der Waals surface area contributed by atoms with Crippen LogP contribution in [0.5, 0.6) is 0 Å². The van der Waals surface area contributed by atoms with Crippen molar-refractivity contribution in [3.63, 3.8) is 0 Å². The lowest BCUT2D eigenvalue weighted by atomic mass is 10.2. The summed E-state index contributed by atoms with van der Waals surface area (Å²) in [6.07, 6.45) is 0.915. The number of nitrogens with zero attached hydrogens (tertiary/aromatic N) is 2. The molecule has 1 heterocycles. The minimum atomic E-state index is -1.01. The summed E-state index contributed by atoms with van der Waals surface area (Å²) in [5.41, 5.74) is 2.44. The van der Waals surface area contributed by atoms with Crippen molar-refractivity contribution in [1.82, 2.24) is 14.9 Å². The van der Waals surface area contributed by atoms with Crippen LogP contribution in [0.15, 0.2) is 42.5 Å². The van der Waals surface area contributed by atoms with E-state index < -0.39 is 5.97 Å². The van der Waals surface area contributed by atoms with Crippen LogP contribution in [0, 0.1) is 5.82 Å². The van der Waals surface area contributed by atoms with E-state index in [9.17, 15) is 19.1 Å². The third-order valence-electron chi connectivity index (χ3n) is 4.32. The Balaban J connectivity index is 1.95. The fourth-order valence-electron chi connectivity index (χ4n) is 2.89. The summed E-state index contributed by atoms with van der Waals surface area (Å²) in [6.45, 7) is 2.69. The number of fused-ring (bicyclic) bond motifs is 1. The van der Waals surface area contributed by atoms with Gasteiger partial charge >= 0.3 is 5.97 Å². The van der Waals surface area contributed by atoms with Crippen molar-refractivity contribution in [1.29, 1.82) is 0 Å². The van der Waals surface area contributed by atoms with E-state index >= 15 is 0 Å². The first-order valence-electron chi connectivity index (χ1n) is 8.71. The van der Waals surface area contributed by atoms with E-state index in [-0.39, 0.29) is 17.3 Å². The molecule has 0 aliphatic carbocycles. The Bertz CT molecular complexity index is 980. The zero-order valence-electron chi connectivity index (χ0n) is 14.9. The van der Waals surface area contributed by atoms with Crippen molar-refractivity contribution >= 4 is 22.9 Å². The van der Waals surface area contributed by atoms with Gasteiger partial charge in [-0.25, -0.2) is 14.2 Å². The van der Waals surface area contributed by atoms with Crippen LogP contribution in [-0.4, -0.2) is 33.1 Å². The lowest BCUT2D eigenvalue weighted by molar-refractivity contribution is -0.120. The summed E-state index contributed by atoms with van der Waals surface area (Å²) >= 11 is 0. The number of carbonyl (C=O) groups is 2. The second kappa shape index (κ2) is 7.99. The van der Waals surface area contributed by atoms with Gasteiger partial charge in [0, 0.05) is 25.9 Å². The predicted octanol–water partition coefficient (Wildman–Crippen LogP) is 2.99. The second-order valence-electron chi connectivity index (χ2n) is 6.20. The smallest absolute Gasteiger partial charge is 0.335 e. The van der Waals surface area contributed by atoms with Gasteiger partial charge in [-0.05, 0) is 35.9 Å². The van der Waals surface area contributed by atoms with Crippen molar-refractivity contribution in [2.24, 2.45) is 0 Å². The fourth-order valence-corrected chi connectivity index (χ4v) is 2.89. The van der Waals surface area contributed by atoms with Gasteiger partial charge in [-0.3, -0.25) is 4.79 Å². The highest BCUT2D eigenvalue weighted by Crippen LogP contribution is 2.20. The van der Waals surface area contributed by atoms with Gasteiger partial charge in [0.2, 0.25) is 5.91 Å². The summed E-state index contributed by atoms with van der Waals surface area (Å²) in [7, 11) is 0. The molecular formula is C20H20FN3O3.